The van der Waals surface area contributed by atoms with Crippen LogP contribution in [0.5, 0.6) is 0 Å². The number of furan rings is 1. The Morgan fingerprint density at radius 1 is 0.460 bits per heavy atom. The van der Waals surface area contributed by atoms with Gasteiger partial charge in [-0.25, -0.2) is 9.97 Å². The molecular weight excluding hydrogens is 609 g/mol. The van der Waals surface area contributed by atoms with Crippen molar-refractivity contribution in [2.75, 3.05) is 0 Å². The molecule has 3 heteroatoms. The summed E-state index contributed by atoms with van der Waals surface area (Å²) in [5.41, 5.74) is 14.1. The molecule has 0 unspecified atom stereocenters. The van der Waals surface area contributed by atoms with Gasteiger partial charge in [0.1, 0.15) is 11.2 Å². The van der Waals surface area contributed by atoms with Crippen molar-refractivity contribution in [1.29, 1.82) is 0 Å². The SMILES string of the molecule is CC1(C)c2cc3ccccc3cc2-c2c(-c3ccccc3-c3cc(-c4cccc5oc6ccccc6c45)nc(-c4ccccc4)n3)cccc21. The Morgan fingerprint density at radius 2 is 1.08 bits per heavy atom. The largest absolute Gasteiger partial charge is 0.456 e. The first-order valence-corrected chi connectivity index (χ1v) is 17.2. The Kier molecular flexibility index (Phi) is 6.22. The third-order valence-electron chi connectivity index (χ3n) is 10.5. The smallest absolute Gasteiger partial charge is 0.160 e. The fourth-order valence-corrected chi connectivity index (χ4v) is 8.07. The summed E-state index contributed by atoms with van der Waals surface area (Å²) in [5, 5.41) is 4.67. The molecule has 9 aromatic rings. The van der Waals surface area contributed by atoms with Crippen LogP contribution in [0.25, 0.3) is 88.9 Å². The summed E-state index contributed by atoms with van der Waals surface area (Å²) in [6.07, 6.45) is 0. The normalized spacial score (nSPS) is 13.2. The highest BCUT2D eigenvalue weighted by atomic mass is 16.3. The molecule has 3 nitrogen and oxygen atoms in total. The van der Waals surface area contributed by atoms with Crippen molar-refractivity contribution in [3.63, 3.8) is 0 Å². The number of hydrogen-bond acceptors (Lipinski definition) is 3. The minimum atomic E-state index is -0.131. The fourth-order valence-electron chi connectivity index (χ4n) is 8.07. The first-order valence-electron chi connectivity index (χ1n) is 17.2. The Morgan fingerprint density at radius 3 is 1.92 bits per heavy atom. The van der Waals surface area contributed by atoms with E-state index in [9.17, 15) is 0 Å². The molecule has 0 spiro atoms. The van der Waals surface area contributed by atoms with E-state index in [2.05, 4.69) is 129 Å². The monoisotopic (exact) mass is 640 g/mol. The zero-order valence-electron chi connectivity index (χ0n) is 27.8. The Hall–Kier alpha value is -6.32. The number of benzene rings is 7. The Bertz CT molecular complexity index is 2790. The quantitative estimate of drug-likeness (QED) is 0.192. The summed E-state index contributed by atoms with van der Waals surface area (Å²) in [6, 6.07) is 55.8. The predicted octanol–water partition coefficient (Wildman–Crippen LogP) is 12.5. The van der Waals surface area contributed by atoms with Gasteiger partial charge < -0.3 is 4.42 Å². The molecule has 0 saturated carbocycles. The lowest BCUT2D eigenvalue weighted by molar-refractivity contribution is 0.661. The van der Waals surface area contributed by atoms with Crippen LogP contribution >= 0.6 is 0 Å². The summed E-state index contributed by atoms with van der Waals surface area (Å²) >= 11 is 0. The van der Waals surface area contributed by atoms with Gasteiger partial charge in [-0.3, -0.25) is 0 Å². The van der Waals surface area contributed by atoms with Crippen molar-refractivity contribution in [3.8, 4) is 56.2 Å². The highest BCUT2D eigenvalue weighted by molar-refractivity contribution is 6.12. The maximum atomic E-state index is 6.29. The molecule has 2 aromatic heterocycles. The molecule has 236 valence electrons. The van der Waals surface area contributed by atoms with Crippen molar-refractivity contribution in [2.24, 2.45) is 0 Å². The van der Waals surface area contributed by atoms with Gasteiger partial charge in [0.2, 0.25) is 0 Å². The second kappa shape index (κ2) is 10.8. The van der Waals surface area contributed by atoms with Gasteiger partial charge in [0.05, 0.1) is 11.4 Å². The van der Waals surface area contributed by atoms with E-state index in [1.54, 1.807) is 0 Å². The van der Waals surface area contributed by atoms with Gasteiger partial charge in [-0.1, -0.05) is 141 Å². The predicted molar refractivity (Wildman–Crippen MR) is 206 cm³/mol. The summed E-state index contributed by atoms with van der Waals surface area (Å²) in [5.74, 6) is 0.689. The van der Waals surface area contributed by atoms with E-state index in [-0.39, 0.29) is 5.41 Å². The number of aromatic nitrogens is 2. The molecule has 0 atom stereocenters. The molecule has 0 amide bonds. The molecule has 0 fully saturated rings. The van der Waals surface area contributed by atoms with Crippen LogP contribution in [-0.4, -0.2) is 9.97 Å². The summed E-state index contributed by atoms with van der Waals surface area (Å²) in [4.78, 5) is 10.5. The second-order valence-electron chi connectivity index (χ2n) is 13.7. The van der Waals surface area contributed by atoms with Crippen LogP contribution < -0.4 is 0 Å². The van der Waals surface area contributed by atoms with Crippen LogP contribution in [0.3, 0.4) is 0 Å². The molecule has 0 N–H and O–H groups in total. The molecule has 2 heterocycles. The minimum absolute atomic E-state index is 0.131. The molecule has 1 aliphatic carbocycles. The van der Waals surface area contributed by atoms with Crippen molar-refractivity contribution in [3.05, 3.63) is 169 Å². The zero-order chi connectivity index (χ0) is 33.4. The lowest BCUT2D eigenvalue weighted by atomic mass is 9.81. The first kappa shape index (κ1) is 28.7. The molecule has 10 rings (SSSR count). The lowest BCUT2D eigenvalue weighted by Gasteiger charge is -2.22. The van der Waals surface area contributed by atoms with Crippen LogP contribution in [0.1, 0.15) is 25.0 Å². The van der Waals surface area contributed by atoms with E-state index in [0.717, 1.165) is 55.6 Å². The van der Waals surface area contributed by atoms with Crippen molar-refractivity contribution < 1.29 is 4.42 Å². The third-order valence-corrected chi connectivity index (χ3v) is 10.5. The van der Waals surface area contributed by atoms with Gasteiger partial charge in [0.25, 0.3) is 0 Å². The topological polar surface area (TPSA) is 38.9 Å². The van der Waals surface area contributed by atoms with Crippen LogP contribution in [0.2, 0.25) is 0 Å². The number of para-hydroxylation sites is 1. The van der Waals surface area contributed by atoms with Crippen LogP contribution in [0.15, 0.2) is 162 Å². The number of nitrogens with zero attached hydrogens (tertiary/aromatic N) is 2. The summed E-state index contributed by atoms with van der Waals surface area (Å²) < 4.78 is 6.29. The maximum absolute atomic E-state index is 6.29. The highest BCUT2D eigenvalue weighted by Crippen LogP contribution is 2.54. The number of hydrogen-bond donors (Lipinski definition) is 0. The van der Waals surface area contributed by atoms with Crippen LogP contribution in [-0.2, 0) is 5.41 Å². The van der Waals surface area contributed by atoms with Crippen molar-refractivity contribution >= 4 is 32.7 Å². The second-order valence-corrected chi connectivity index (χ2v) is 13.7. The number of fused-ring (bicyclic) bond motifs is 7. The first-order chi connectivity index (χ1) is 24.5. The van der Waals surface area contributed by atoms with E-state index in [4.69, 9.17) is 14.4 Å². The zero-order valence-corrected chi connectivity index (χ0v) is 27.8. The van der Waals surface area contributed by atoms with Gasteiger partial charge in [-0.2, -0.15) is 0 Å². The molecule has 1 aliphatic rings. The fraction of sp³-hybridized carbons (Fsp3) is 0.0638. The summed E-state index contributed by atoms with van der Waals surface area (Å²) in [6.45, 7) is 4.70. The van der Waals surface area contributed by atoms with Gasteiger partial charge in [-0.15, -0.1) is 0 Å². The molecule has 0 aliphatic heterocycles. The van der Waals surface area contributed by atoms with Gasteiger partial charge in [-0.05, 0) is 74.5 Å². The highest BCUT2D eigenvalue weighted by Gasteiger charge is 2.37. The molecule has 0 saturated heterocycles. The van der Waals surface area contributed by atoms with E-state index < -0.39 is 0 Å². The van der Waals surface area contributed by atoms with E-state index >= 15 is 0 Å². The maximum Gasteiger partial charge on any atom is 0.160 e. The molecule has 7 aromatic carbocycles. The minimum Gasteiger partial charge on any atom is -0.456 e. The average molecular weight is 641 g/mol. The van der Waals surface area contributed by atoms with Crippen molar-refractivity contribution in [1.82, 2.24) is 9.97 Å². The van der Waals surface area contributed by atoms with Gasteiger partial charge in [0, 0.05) is 32.9 Å². The van der Waals surface area contributed by atoms with Gasteiger partial charge >= 0.3 is 0 Å². The average Bonchev–Trinajstić information content (AvgIpc) is 3.66. The van der Waals surface area contributed by atoms with Crippen LogP contribution in [0, 0.1) is 0 Å². The third kappa shape index (κ3) is 4.30. The molecule has 0 bridgehead atoms. The molecule has 0 radical (unpaired) electrons. The number of rotatable bonds is 4. The van der Waals surface area contributed by atoms with Crippen molar-refractivity contribution in [2.45, 2.75) is 19.3 Å². The van der Waals surface area contributed by atoms with Crippen LogP contribution in [0.4, 0.5) is 0 Å². The standard InChI is InChI=1S/C47H32N2O/c1-47(2)38-23-12-21-34(44(38)37-26-30-16-6-7-17-31(30)27-39(37)47)32-18-8-9-19-33(32)40-28-41(49-46(48-40)29-14-4-3-5-15-29)35-22-13-25-43-45(35)36-20-10-11-24-42(36)50-43/h3-28H,1-2H3. The Labute approximate surface area is 290 Å². The summed E-state index contributed by atoms with van der Waals surface area (Å²) in [7, 11) is 0. The van der Waals surface area contributed by atoms with E-state index in [1.165, 1.54) is 38.6 Å². The van der Waals surface area contributed by atoms with E-state index in [1.807, 2.05) is 42.5 Å². The lowest BCUT2D eigenvalue weighted by Crippen LogP contribution is -2.14. The van der Waals surface area contributed by atoms with Gasteiger partial charge in [0.15, 0.2) is 5.82 Å². The van der Waals surface area contributed by atoms with E-state index in [0.29, 0.717) is 5.82 Å². The Balaban J connectivity index is 1.23. The molecule has 50 heavy (non-hydrogen) atoms. The molecular formula is C47H32N2O.